The van der Waals surface area contributed by atoms with E-state index in [1.807, 2.05) is 0 Å². The van der Waals surface area contributed by atoms with E-state index in [2.05, 4.69) is 36.4 Å². The smallest absolute Gasteiger partial charge is 0.109 e. The summed E-state index contributed by atoms with van der Waals surface area (Å²) in [7, 11) is 0. The van der Waals surface area contributed by atoms with Gasteiger partial charge >= 0.3 is 0 Å². The molecule has 2 aliphatic rings. The number of hydrogen-bond donors (Lipinski definition) is 0. The number of fused-ring (bicyclic) bond motifs is 1. The predicted octanol–water partition coefficient (Wildman–Crippen LogP) is 3.27. The van der Waals surface area contributed by atoms with E-state index < -0.39 is 0 Å². The minimum atomic E-state index is 0.664. The Bertz CT molecular complexity index is 449. The van der Waals surface area contributed by atoms with Gasteiger partial charge in [0.2, 0.25) is 0 Å². The van der Waals surface area contributed by atoms with Gasteiger partial charge in [-0.1, -0.05) is 13.3 Å². The van der Waals surface area contributed by atoms with Gasteiger partial charge in [-0.2, -0.15) is 0 Å². The van der Waals surface area contributed by atoms with Crippen molar-refractivity contribution in [3.8, 4) is 0 Å². The van der Waals surface area contributed by atoms with E-state index in [1.54, 1.807) is 0 Å². The van der Waals surface area contributed by atoms with Crippen LogP contribution in [0.15, 0.2) is 6.20 Å². The lowest BCUT2D eigenvalue weighted by Crippen LogP contribution is -2.45. The molecule has 3 heterocycles. The highest BCUT2D eigenvalue weighted by Gasteiger charge is 2.26. The summed E-state index contributed by atoms with van der Waals surface area (Å²) < 4.78 is 2.40. The summed E-state index contributed by atoms with van der Waals surface area (Å²) >= 11 is 0. The van der Waals surface area contributed by atoms with Crippen LogP contribution in [0.5, 0.6) is 0 Å². The number of aryl methyl sites for hydroxylation is 1. The Morgan fingerprint density at radius 1 is 1.25 bits per heavy atom. The van der Waals surface area contributed by atoms with Gasteiger partial charge in [-0.3, -0.25) is 4.90 Å². The van der Waals surface area contributed by atoms with Crippen LogP contribution in [-0.2, 0) is 19.4 Å². The standard InChI is InChI=1S/C17H29N3/c1-13(2)20-8-5-4-6-16(20)11-15-12-19-9-7-14(3)10-17(19)18-15/h12-14,16H,4-11H2,1-3H3. The van der Waals surface area contributed by atoms with E-state index in [-0.39, 0.29) is 0 Å². The zero-order chi connectivity index (χ0) is 14.1. The van der Waals surface area contributed by atoms with E-state index in [9.17, 15) is 0 Å². The summed E-state index contributed by atoms with van der Waals surface area (Å²) in [5, 5.41) is 0. The van der Waals surface area contributed by atoms with Crippen LogP contribution < -0.4 is 0 Å². The third kappa shape index (κ3) is 2.93. The van der Waals surface area contributed by atoms with Crippen LogP contribution >= 0.6 is 0 Å². The van der Waals surface area contributed by atoms with Gasteiger partial charge in [0.25, 0.3) is 0 Å². The summed E-state index contributed by atoms with van der Waals surface area (Å²) in [6.07, 6.45) is 10.0. The zero-order valence-corrected chi connectivity index (χ0v) is 13.3. The van der Waals surface area contributed by atoms with E-state index >= 15 is 0 Å². The monoisotopic (exact) mass is 275 g/mol. The van der Waals surface area contributed by atoms with Gasteiger partial charge in [0.15, 0.2) is 0 Å². The lowest BCUT2D eigenvalue weighted by Gasteiger charge is -2.38. The fraction of sp³-hybridized carbons (Fsp3) is 0.824. The fourth-order valence-corrected chi connectivity index (χ4v) is 3.90. The number of imidazole rings is 1. The van der Waals surface area contributed by atoms with Crippen molar-refractivity contribution in [2.24, 2.45) is 5.92 Å². The molecule has 0 radical (unpaired) electrons. The van der Waals surface area contributed by atoms with Crippen molar-refractivity contribution in [2.45, 2.75) is 77.9 Å². The average Bonchev–Trinajstić information content (AvgIpc) is 2.80. The molecule has 1 aromatic rings. The summed E-state index contributed by atoms with van der Waals surface area (Å²) in [5.41, 5.74) is 1.33. The third-order valence-electron chi connectivity index (χ3n) is 5.08. The van der Waals surface area contributed by atoms with Crippen molar-refractivity contribution in [3.63, 3.8) is 0 Å². The molecule has 0 aromatic carbocycles. The van der Waals surface area contributed by atoms with E-state index in [0.717, 1.165) is 12.3 Å². The molecule has 1 fully saturated rings. The molecule has 3 rings (SSSR count). The van der Waals surface area contributed by atoms with E-state index in [0.29, 0.717) is 12.1 Å². The van der Waals surface area contributed by atoms with E-state index in [1.165, 1.54) is 56.7 Å². The largest absolute Gasteiger partial charge is 0.335 e. The predicted molar refractivity (Wildman–Crippen MR) is 82.9 cm³/mol. The normalized spacial score (nSPS) is 27.8. The van der Waals surface area contributed by atoms with Gasteiger partial charge in [-0.25, -0.2) is 4.98 Å². The first-order valence-corrected chi connectivity index (χ1v) is 8.44. The third-order valence-corrected chi connectivity index (χ3v) is 5.08. The van der Waals surface area contributed by atoms with Gasteiger partial charge < -0.3 is 4.57 Å². The first kappa shape index (κ1) is 14.1. The number of aromatic nitrogens is 2. The van der Waals surface area contributed by atoms with Gasteiger partial charge in [0.05, 0.1) is 5.69 Å². The SMILES string of the molecule is CC1CCn2cc(CC3CCCCN3C(C)C)nc2C1. The molecule has 0 saturated carbocycles. The topological polar surface area (TPSA) is 21.1 Å². The van der Waals surface area contributed by atoms with Crippen molar-refractivity contribution in [3.05, 3.63) is 17.7 Å². The highest BCUT2D eigenvalue weighted by molar-refractivity contribution is 5.09. The van der Waals surface area contributed by atoms with Crippen LogP contribution in [-0.4, -0.2) is 33.1 Å². The van der Waals surface area contributed by atoms with Crippen molar-refractivity contribution in [1.29, 1.82) is 0 Å². The number of nitrogens with zero attached hydrogens (tertiary/aromatic N) is 3. The van der Waals surface area contributed by atoms with Gasteiger partial charge in [-0.15, -0.1) is 0 Å². The van der Waals surface area contributed by atoms with Crippen molar-refractivity contribution in [1.82, 2.24) is 14.5 Å². The molecule has 1 saturated heterocycles. The Morgan fingerprint density at radius 2 is 2.10 bits per heavy atom. The van der Waals surface area contributed by atoms with Crippen LogP contribution in [0, 0.1) is 5.92 Å². The van der Waals surface area contributed by atoms with Gasteiger partial charge in [0, 0.05) is 37.7 Å². The zero-order valence-electron chi connectivity index (χ0n) is 13.3. The second-order valence-corrected chi connectivity index (χ2v) is 7.13. The number of rotatable bonds is 3. The summed E-state index contributed by atoms with van der Waals surface area (Å²) in [4.78, 5) is 7.61. The lowest BCUT2D eigenvalue weighted by molar-refractivity contribution is 0.111. The van der Waals surface area contributed by atoms with Crippen molar-refractivity contribution >= 4 is 0 Å². The molecular weight excluding hydrogens is 246 g/mol. The minimum Gasteiger partial charge on any atom is -0.335 e. The maximum Gasteiger partial charge on any atom is 0.109 e. The Balaban J connectivity index is 1.70. The molecule has 2 atom stereocenters. The second kappa shape index (κ2) is 5.88. The first-order valence-electron chi connectivity index (χ1n) is 8.44. The molecule has 2 aliphatic heterocycles. The molecule has 0 aliphatic carbocycles. The molecule has 0 spiro atoms. The summed E-state index contributed by atoms with van der Waals surface area (Å²) in [6.45, 7) is 9.45. The number of hydrogen-bond acceptors (Lipinski definition) is 2. The average molecular weight is 275 g/mol. The maximum absolute atomic E-state index is 4.93. The second-order valence-electron chi connectivity index (χ2n) is 7.13. The first-order chi connectivity index (χ1) is 9.63. The van der Waals surface area contributed by atoms with Crippen molar-refractivity contribution < 1.29 is 0 Å². The number of piperidine rings is 1. The Labute approximate surface area is 123 Å². The Kier molecular flexibility index (Phi) is 4.16. The van der Waals surface area contributed by atoms with Crippen LogP contribution in [0.25, 0.3) is 0 Å². The Morgan fingerprint density at radius 3 is 2.90 bits per heavy atom. The van der Waals surface area contributed by atoms with Crippen LogP contribution in [0.1, 0.15) is 58.0 Å². The molecule has 0 bridgehead atoms. The highest BCUT2D eigenvalue weighted by Crippen LogP contribution is 2.24. The van der Waals surface area contributed by atoms with Crippen molar-refractivity contribution in [2.75, 3.05) is 6.54 Å². The molecular formula is C17H29N3. The van der Waals surface area contributed by atoms with Gasteiger partial charge in [0.1, 0.15) is 5.82 Å². The molecule has 0 N–H and O–H groups in total. The molecule has 20 heavy (non-hydrogen) atoms. The molecule has 0 amide bonds. The number of likely N-dealkylation sites (tertiary alicyclic amines) is 1. The van der Waals surface area contributed by atoms with Crippen LogP contribution in [0.3, 0.4) is 0 Å². The fourth-order valence-electron chi connectivity index (χ4n) is 3.90. The molecule has 3 nitrogen and oxygen atoms in total. The molecule has 2 unspecified atom stereocenters. The summed E-state index contributed by atoms with van der Waals surface area (Å²) in [5.74, 6) is 2.13. The molecule has 3 heteroatoms. The Hall–Kier alpha value is -0.830. The van der Waals surface area contributed by atoms with Crippen LogP contribution in [0.2, 0.25) is 0 Å². The minimum absolute atomic E-state index is 0.664. The lowest BCUT2D eigenvalue weighted by atomic mass is 9.97. The van der Waals surface area contributed by atoms with E-state index in [4.69, 9.17) is 4.98 Å². The van der Waals surface area contributed by atoms with Crippen LogP contribution in [0.4, 0.5) is 0 Å². The summed E-state index contributed by atoms with van der Waals surface area (Å²) in [6, 6.07) is 1.37. The molecule has 112 valence electrons. The molecule has 1 aromatic heterocycles. The van der Waals surface area contributed by atoms with Gasteiger partial charge in [-0.05, 0) is 45.6 Å². The quantitative estimate of drug-likeness (QED) is 0.844. The maximum atomic E-state index is 4.93. The highest BCUT2D eigenvalue weighted by atomic mass is 15.2.